The molecule has 0 aliphatic carbocycles. The van der Waals surface area contributed by atoms with Gasteiger partial charge in [-0.3, -0.25) is 0 Å². The highest BCUT2D eigenvalue weighted by Crippen LogP contribution is 2.34. The van der Waals surface area contributed by atoms with E-state index in [0.29, 0.717) is 27.3 Å². The molecule has 8 heteroatoms. The van der Waals surface area contributed by atoms with Gasteiger partial charge in [-0.15, -0.1) is 0 Å². The van der Waals surface area contributed by atoms with Crippen molar-refractivity contribution < 1.29 is 21.4 Å². The van der Waals surface area contributed by atoms with E-state index in [4.69, 9.17) is 23.2 Å². The first-order valence-corrected chi connectivity index (χ1v) is 9.07. The van der Waals surface area contributed by atoms with Crippen molar-refractivity contribution in [3.8, 4) is 28.0 Å². The van der Waals surface area contributed by atoms with Gasteiger partial charge in [0.05, 0.1) is 5.02 Å². The maximum Gasteiger partial charge on any atom is 0.299 e. The molecule has 26 heavy (non-hydrogen) atoms. The first kappa shape index (κ1) is 18.6. The normalized spacial score (nSPS) is 11.0. The van der Waals surface area contributed by atoms with E-state index in [1.165, 1.54) is 24.3 Å². The molecule has 0 saturated carbocycles. The van der Waals surface area contributed by atoms with E-state index in [1.807, 2.05) is 0 Å². The van der Waals surface area contributed by atoms with Crippen molar-refractivity contribution in [2.24, 2.45) is 0 Å². The lowest BCUT2D eigenvalue weighted by Crippen LogP contribution is -1.93. The topological polar surface area (TPSA) is 43.4 Å². The van der Waals surface area contributed by atoms with Crippen LogP contribution in [-0.4, -0.2) is 8.42 Å². The van der Waals surface area contributed by atoms with E-state index in [9.17, 15) is 17.2 Å². The Morgan fingerprint density at radius 1 is 0.731 bits per heavy atom. The van der Waals surface area contributed by atoms with Crippen LogP contribution in [0.2, 0.25) is 10.0 Å². The lowest BCUT2D eigenvalue weighted by molar-refractivity contribution is 0.481. The molecule has 3 aromatic rings. The van der Waals surface area contributed by atoms with Crippen molar-refractivity contribution in [2.45, 2.75) is 0 Å². The minimum Gasteiger partial charge on any atom is -0.381 e. The van der Waals surface area contributed by atoms with Crippen LogP contribution in [0.3, 0.4) is 0 Å². The van der Waals surface area contributed by atoms with Gasteiger partial charge in [0, 0.05) is 10.6 Å². The molecule has 3 nitrogen and oxygen atoms in total. The molecule has 0 fully saturated rings. The van der Waals surface area contributed by atoms with Gasteiger partial charge in [0.1, 0.15) is 5.82 Å². The molecular weight excluding hydrogens is 405 g/mol. The summed E-state index contributed by atoms with van der Waals surface area (Å²) >= 11 is 12.1. The van der Waals surface area contributed by atoms with Crippen LogP contribution in [0.4, 0.5) is 8.78 Å². The summed E-state index contributed by atoms with van der Waals surface area (Å²) in [6.45, 7) is 0. The van der Waals surface area contributed by atoms with Crippen LogP contribution < -0.4 is 4.18 Å². The third-order valence-electron chi connectivity index (χ3n) is 3.64. The van der Waals surface area contributed by atoms with Crippen molar-refractivity contribution in [3.63, 3.8) is 0 Å². The summed E-state index contributed by atoms with van der Waals surface area (Å²) in [7, 11) is -3.20. The molecule has 3 aromatic carbocycles. The van der Waals surface area contributed by atoms with E-state index in [0.717, 1.165) is 6.07 Å². The lowest BCUT2D eigenvalue weighted by Gasteiger charge is -2.09. The zero-order chi connectivity index (χ0) is 18.8. The molecule has 0 atom stereocenters. The summed E-state index contributed by atoms with van der Waals surface area (Å²) < 4.78 is 52.7. The molecule has 0 unspecified atom stereocenters. The Balaban J connectivity index is 1.97. The Morgan fingerprint density at radius 3 is 1.96 bits per heavy atom. The summed E-state index contributed by atoms with van der Waals surface area (Å²) in [5.41, 5.74) is 2.38. The van der Waals surface area contributed by atoms with Gasteiger partial charge >= 0.3 is 0 Å². The van der Waals surface area contributed by atoms with E-state index < -0.39 is 22.6 Å². The number of halogens is 4. The number of hydrogen-bond acceptors (Lipinski definition) is 3. The van der Waals surface area contributed by atoms with Crippen LogP contribution in [-0.2, 0) is 11.0 Å². The molecular formula is C18H10Cl2F2O3S. The number of rotatable bonds is 4. The fourth-order valence-corrected chi connectivity index (χ4v) is 3.21. The van der Waals surface area contributed by atoms with Crippen LogP contribution in [0.1, 0.15) is 0 Å². The first-order valence-electron chi connectivity index (χ1n) is 7.22. The highest BCUT2D eigenvalue weighted by Gasteiger charge is 2.11. The number of thiol groups is 1. The quantitative estimate of drug-likeness (QED) is 0.572. The molecule has 0 bridgehead atoms. The Labute approximate surface area is 159 Å². The van der Waals surface area contributed by atoms with Crippen LogP contribution in [0.5, 0.6) is 5.75 Å². The van der Waals surface area contributed by atoms with Crippen molar-refractivity contribution in [1.29, 1.82) is 0 Å². The largest absolute Gasteiger partial charge is 0.381 e. The summed E-state index contributed by atoms with van der Waals surface area (Å²) in [6.07, 6.45) is 0. The van der Waals surface area contributed by atoms with Gasteiger partial charge in [0.25, 0.3) is 11.0 Å². The van der Waals surface area contributed by atoms with Gasteiger partial charge in [-0.25, -0.2) is 8.78 Å². The molecule has 0 spiro atoms. The molecule has 3 rings (SSSR count). The Bertz CT molecular complexity index is 1060. The highest BCUT2D eigenvalue weighted by molar-refractivity contribution is 7.67. The number of benzene rings is 3. The fraction of sp³-hybridized carbons (Fsp3) is 0. The molecule has 0 heterocycles. The summed E-state index contributed by atoms with van der Waals surface area (Å²) in [4.78, 5) is 0. The molecule has 0 amide bonds. The molecule has 0 saturated heterocycles. The minimum atomic E-state index is -3.20. The predicted octanol–water partition coefficient (Wildman–Crippen LogP) is 5.51. The van der Waals surface area contributed by atoms with Crippen molar-refractivity contribution >= 4 is 34.2 Å². The second-order valence-electron chi connectivity index (χ2n) is 5.28. The Morgan fingerprint density at radius 2 is 1.35 bits per heavy atom. The number of hydrogen-bond donors (Lipinski definition) is 1. The monoisotopic (exact) mass is 414 g/mol. The third-order valence-corrected chi connectivity index (χ3v) is 4.59. The zero-order valence-electron chi connectivity index (χ0n) is 12.9. The SMILES string of the molecule is O=[SH](=O)Oc1ccc(-c2ccc(-c3ccc(F)c(Cl)c3)c(Cl)c2)cc1F. The van der Waals surface area contributed by atoms with E-state index in [1.54, 1.807) is 24.3 Å². The molecule has 134 valence electrons. The summed E-state index contributed by atoms with van der Waals surface area (Å²) in [5.74, 6) is -1.72. The van der Waals surface area contributed by atoms with Crippen LogP contribution in [0, 0.1) is 11.6 Å². The van der Waals surface area contributed by atoms with E-state index in [-0.39, 0.29) is 10.8 Å². The van der Waals surface area contributed by atoms with Gasteiger partial charge in [-0.1, -0.05) is 47.5 Å². The second-order valence-corrected chi connectivity index (χ2v) is 6.73. The van der Waals surface area contributed by atoms with Crippen LogP contribution in [0.15, 0.2) is 54.6 Å². The van der Waals surface area contributed by atoms with Gasteiger partial charge < -0.3 is 4.18 Å². The summed E-state index contributed by atoms with van der Waals surface area (Å²) in [5, 5.41) is 0.352. The lowest BCUT2D eigenvalue weighted by atomic mass is 10.00. The summed E-state index contributed by atoms with van der Waals surface area (Å²) in [6, 6.07) is 13.2. The van der Waals surface area contributed by atoms with Crippen LogP contribution >= 0.6 is 23.2 Å². The molecule has 0 radical (unpaired) electrons. The van der Waals surface area contributed by atoms with Crippen molar-refractivity contribution in [2.75, 3.05) is 0 Å². The molecule has 0 aliphatic heterocycles. The van der Waals surface area contributed by atoms with E-state index >= 15 is 0 Å². The highest BCUT2D eigenvalue weighted by atomic mass is 35.5. The van der Waals surface area contributed by atoms with E-state index in [2.05, 4.69) is 4.18 Å². The predicted molar refractivity (Wildman–Crippen MR) is 98.2 cm³/mol. The van der Waals surface area contributed by atoms with Gasteiger partial charge in [-0.05, 0) is 47.0 Å². The second kappa shape index (κ2) is 7.61. The fourth-order valence-electron chi connectivity index (χ4n) is 2.43. The smallest absolute Gasteiger partial charge is 0.299 e. The molecule has 0 aromatic heterocycles. The first-order chi connectivity index (χ1) is 12.3. The Hall–Kier alpha value is -2.15. The maximum atomic E-state index is 13.9. The molecule has 0 aliphatic rings. The van der Waals surface area contributed by atoms with Crippen molar-refractivity contribution in [3.05, 3.63) is 76.3 Å². The average molecular weight is 415 g/mol. The minimum absolute atomic E-state index is 0.0167. The van der Waals surface area contributed by atoms with Gasteiger partial charge in [0.2, 0.25) is 0 Å². The third kappa shape index (κ3) is 3.98. The Kier molecular flexibility index (Phi) is 5.46. The van der Waals surface area contributed by atoms with Crippen LogP contribution in [0.25, 0.3) is 22.3 Å². The van der Waals surface area contributed by atoms with Gasteiger partial charge in [0.15, 0.2) is 11.6 Å². The zero-order valence-corrected chi connectivity index (χ0v) is 15.3. The van der Waals surface area contributed by atoms with Gasteiger partial charge in [-0.2, -0.15) is 8.42 Å². The maximum absolute atomic E-state index is 13.9. The average Bonchev–Trinajstić information content (AvgIpc) is 2.59. The standard InChI is InChI=1S/C18H10Cl2F2O3S/c19-14-7-10(11-3-6-18(17(22)9-11)25-26(23)24)1-4-13(14)12-2-5-16(21)15(20)8-12/h1-9,26H. The van der Waals surface area contributed by atoms with Crippen molar-refractivity contribution in [1.82, 2.24) is 0 Å². The molecule has 0 N–H and O–H groups in total.